The standard InChI is InChI=1S/C10H14O4S/c1-7(11)10(12)6-8-2-4-9(5-3-8)15(13)14/h2-5,7,10-12H,6H2,1H3,(H,13,14)/p-1. The summed E-state index contributed by atoms with van der Waals surface area (Å²) in [6.45, 7) is 1.51. The Hall–Kier alpha value is -0.750. The van der Waals surface area contributed by atoms with Crippen molar-refractivity contribution in [1.29, 1.82) is 0 Å². The second kappa shape index (κ2) is 5.37. The van der Waals surface area contributed by atoms with Crippen molar-refractivity contribution in [1.82, 2.24) is 0 Å². The van der Waals surface area contributed by atoms with E-state index in [2.05, 4.69) is 0 Å². The molecule has 2 N–H and O–H groups in total. The lowest BCUT2D eigenvalue weighted by atomic mass is 10.1. The van der Waals surface area contributed by atoms with Crippen LogP contribution in [0.25, 0.3) is 0 Å². The van der Waals surface area contributed by atoms with E-state index >= 15 is 0 Å². The van der Waals surface area contributed by atoms with Crippen LogP contribution in [0.5, 0.6) is 0 Å². The Morgan fingerprint density at radius 1 is 1.33 bits per heavy atom. The average Bonchev–Trinajstić information content (AvgIpc) is 2.18. The van der Waals surface area contributed by atoms with Crippen LogP contribution in [-0.2, 0) is 17.5 Å². The molecule has 0 saturated heterocycles. The Bertz CT molecular complexity index is 334. The minimum atomic E-state index is -2.22. The Morgan fingerprint density at radius 3 is 2.27 bits per heavy atom. The van der Waals surface area contributed by atoms with Gasteiger partial charge in [-0.25, -0.2) is 0 Å². The molecule has 0 aliphatic rings. The van der Waals surface area contributed by atoms with Crippen molar-refractivity contribution in [3.8, 4) is 0 Å². The van der Waals surface area contributed by atoms with Gasteiger partial charge >= 0.3 is 0 Å². The third-order valence-corrected chi connectivity index (χ3v) is 2.77. The van der Waals surface area contributed by atoms with Gasteiger partial charge in [-0.2, -0.15) is 0 Å². The van der Waals surface area contributed by atoms with Crippen LogP contribution in [0, 0.1) is 0 Å². The average molecular weight is 229 g/mol. The number of hydrogen-bond acceptors (Lipinski definition) is 4. The molecule has 84 valence electrons. The first-order valence-corrected chi connectivity index (χ1v) is 5.62. The van der Waals surface area contributed by atoms with Crippen LogP contribution >= 0.6 is 0 Å². The zero-order chi connectivity index (χ0) is 11.4. The summed E-state index contributed by atoms with van der Waals surface area (Å²) in [5.41, 5.74) is 0.789. The van der Waals surface area contributed by atoms with Gasteiger partial charge in [0.25, 0.3) is 0 Å². The second-order valence-corrected chi connectivity index (χ2v) is 4.33. The van der Waals surface area contributed by atoms with Crippen molar-refractivity contribution in [2.75, 3.05) is 0 Å². The molecular weight excluding hydrogens is 216 g/mol. The number of rotatable bonds is 4. The van der Waals surface area contributed by atoms with Gasteiger partial charge in [-0.05, 0) is 35.7 Å². The third-order valence-electron chi connectivity index (χ3n) is 2.12. The van der Waals surface area contributed by atoms with Gasteiger partial charge in [0.15, 0.2) is 0 Å². The molecule has 0 radical (unpaired) electrons. The van der Waals surface area contributed by atoms with Crippen LogP contribution in [0.15, 0.2) is 29.2 Å². The van der Waals surface area contributed by atoms with Crippen LogP contribution in [0.3, 0.4) is 0 Å². The van der Waals surface area contributed by atoms with E-state index in [1.807, 2.05) is 0 Å². The first-order valence-electron chi connectivity index (χ1n) is 4.55. The molecule has 1 rings (SSSR count). The summed E-state index contributed by atoms with van der Waals surface area (Å²) in [4.78, 5) is 0.213. The SMILES string of the molecule is CC(O)C(O)Cc1ccc(S(=O)[O-])cc1. The molecule has 0 aliphatic heterocycles. The number of aliphatic hydroxyl groups is 2. The maximum absolute atomic E-state index is 10.6. The molecule has 0 heterocycles. The van der Waals surface area contributed by atoms with Gasteiger partial charge in [0.1, 0.15) is 0 Å². The maximum Gasteiger partial charge on any atom is 0.0836 e. The predicted molar refractivity (Wildman–Crippen MR) is 55.0 cm³/mol. The molecule has 1 aromatic carbocycles. The highest BCUT2D eigenvalue weighted by atomic mass is 32.2. The molecule has 0 aromatic heterocycles. The molecule has 3 atom stereocenters. The predicted octanol–water partition coefficient (Wildman–Crippen LogP) is 0.209. The van der Waals surface area contributed by atoms with E-state index < -0.39 is 23.3 Å². The van der Waals surface area contributed by atoms with Gasteiger partial charge < -0.3 is 14.8 Å². The molecule has 0 amide bonds. The fourth-order valence-electron chi connectivity index (χ4n) is 1.15. The molecule has 3 unspecified atom stereocenters. The lowest BCUT2D eigenvalue weighted by molar-refractivity contribution is 0.0319. The van der Waals surface area contributed by atoms with Gasteiger partial charge in [0.2, 0.25) is 0 Å². The van der Waals surface area contributed by atoms with Gasteiger partial charge in [-0.15, -0.1) is 0 Å². The molecular formula is C10H13O4S-. The second-order valence-electron chi connectivity index (χ2n) is 3.39. The highest BCUT2D eigenvalue weighted by molar-refractivity contribution is 7.79. The van der Waals surface area contributed by atoms with Gasteiger partial charge in [-0.1, -0.05) is 12.1 Å². The summed E-state index contributed by atoms with van der Waals surface area (Å²) in [7, 11) is 0. The first kappa shape index (κ1) is 12.3. The van der Waals surface area contributed by atoms with Gasteiger partial charge in [0, 0.05) is 11.3 Å². The molecule has 5 heteroatoms. The first-order chi connectivity index (χ1) is 7.00. The van der Waals surface area contributed by atoms with E-state index in [9.17, 15) is 13.9 Å². The number of hydrogen-bond donors (Lipinski definition) is 2. The quantitative estimate of drug-likeness (QED) is 0.723. The molecule has 0 aliphatic carbocycles. The normalized spacial score (nSPS) is 17.1. The van der Waals surface area contributed by atoms with Crippen molar-refractivity contribution in [2.45, 2.75) is 30.4 Å². The number of benzene rings is 1. The van der Waals surface area contributed by atoms with E-state index in [0.717, 1.165) is 5.56 Å². The molecule has 0 spiro atoms. The summed E-state index contributed by atoms with van der Waals surface area (Å²) >= 11 is -2.22. The fourth-order valence-corrected chi connectivity index (χ4v) is 1.51. The van der Waals surface area contributed by atoms with E-state index in [1.54, 1.807) is 12.1 Å². The van der Waals surface area contributed by atoms with Crippen LogP contribution in [0.2, 0.25) is 0 Å². The van der Waals surface area contributed by atoms with Crippen molar-refractivity contribution < 1.29 is 19.0 Å². The van der Waals surface area contributed by atoms with E-state index in [0.29, 0.717) is 6.42 Å². The summed E-state index contributed by atoms with van der Waals surface area (Å²) in [5, 5.41) is 18.5. The number of aliphatic hydroxyl groups excluding tert-OH is 2. The minimum Gasteiger partial charge on any atom is -0.768 e. The van der Waals surface area contributed by atoms with E-state index in [1.165, 1.54) is 19.1 Å². The summed E-state index contributed by atoms with van der Waals surface area (Å²) in [6, 6.07) is 6.17. The summed E-state index contributed by atoms with van der Waals surface area (Å²) in [6.07, 6.45) is -1.31. The fraction of sp³-hybridized carbons (Fsp3) is 0.400. The van der Waals surface area contributed by atoms with Crippen LogP contribution < -0.4 is 0 Å². The third kappa shape index (κ3) is 3.71. The Labute approximate surface area is 90.9 Å². The van der Waals surface area contributed by atoms with Gasteiger partial charge in [0.05, 0.1) is 12.2 Å². The molecule has 15 heavy (non-hydrogen) atoms. The largest absolute Gasteiger partial charge is 0.768 e. The van der Waals surface area contributed by atoms with Crippen LogP contribution in [-0.4, -0.2) is 31.2 Å². The molecule has 0 bridgehead atoms. The molecule has 0 saturated carbocycles. The Balaban J connectivity index is 2.68. The van der Waals surface area contributed by atoms with Crippen LogP contribution in [0.4, 0.5) is 0 Å². The summed E-state index contributed by atoms with van der Waals surface area (Å²) < 4.78 is 21.1. The Morgan fingerprint density at radius 2 is 1.87 bits per heavy atom. The topological polar surface area (TPSA) is 80.6 Å². The van der Waals surface area contributed by atoms with Crippen LogP contribution in [0.1, 0.15) is 12.5 Å². The highest BCUT2D eigenvalue weighted by Gasteiger charge is 2.11. The summed E-state index contributed by atoms with van der Waals surface area (Å²) in [5.74, 6) is 0. The minimum absolute atomic E-state index is 0.213. The molecule has 4 nitrogen and oxygen atoms in total. The lowest BCUT2D eigenvalue weighted by Gasteiger charge is -2.13. The monoisotopic (exact) mass is 229 g/mol. The highest BCUT2D eigenvalue weighted by Crippen LogP contribution is 2.10. The van der Waals surface area contributed by atoms with E-state index in [4.69, 9.17) is 5.11 Å². The van der Waals surface area contributed by atoms with Gasteiger partial charge in [-0.3, -0.25) is 4.21 Å². The lowest BCUT2D eigenvalue weighted by Crippen LogP contribution is -2.24. The maximum atomic E-state index is 10.6. The Kier molecular flexibility index (Phi) is 4.41. The zero-order valence-electron chi connectivity index (χ0n) is 8.29. The van der Waals surface area contributed by atoms with Crippen molar-refractivity contribution in [3.63, 3.8) is 0 Å². The smallest absolute Gasteiger partial charge is 0.0836 e. The zero-order valence-corrected chi connectivity index (χ0v) is 9.11. The van der Waals surface area contributed by atoms with E-state index in [-0.39, 0.29) is 4.90 Å². The van der Waals surface area contributed by atoms with Crippen molar-refractivity contribution >= 4 is 11.1 Å². The molecule has 0 fully saturated rings. The van der Waals surface area contributed by atoms with Crippen molar-refractivity contribution in [3.05, 3.63) is 29.8 Å². The van der Waals surface area contributed by atoms with Crippen molar-refractivity contribution in [2.24, 2.45) is 0 Å². The molecule has 1 aromatic rings.